The lowest BCUT2D eigenvalue weighted by atomic mass is 9.95. The van der Waals surface area contributed by atoms with Crippen LogP contribution >= 0.6 is 23.2 Å². The molecule has 1 aromatic carbocycles. The smallest absolute Gasteiger partial charge is 0.223 e. The van der Waals surface area contributed by atoms with Gasteiger partial charge in [0.25, 0.3) is 0 Å². The Hall–Kier alpha value is -1.06. The van der Waals surface area contributed by atoms with E-state index in [1.165, 1.54) is 0 Å². The highest BCUT2D eigenvalue weighted by Gasteiger charge is 2.32. The van der Waals surface area contributed by atoms with Crippen LogP contribution in [0.5, 0.6) is 0 Å². The minimum absolute atomic E-state index is 0.0436. The molecule has 108 valence electrons. The van der Waals surface area contributed by atoms with Crippen LogP contribution in [0.3, 0.4) is 0 Å². The third-order valence-corrected chi connectivity index (χ3v) is 4.30. The van der Waals surface area contributed by atoms with Gasteiger partial charge in [0.05, 0.1) is 11.6 Å². The first-order chi connectivity index (χ1) is 9.38. The topological polar surface area (TPSA) is 37.4 Å². The summed E-state index contributed by atoms with van der Waals surface area (Å²) in [5.74, 6) is 0.667. The van der Waals surface area contributed by atoms with Crippen molar-refractivity contribution in [2.24, 2.45) is 11.8 Å². The summed E-state index contributed by atoms with van der Waals surface area (Å²) in [4.78, 5) is 25.8. The van der Waals surface area contributed by atoms with Crippen molar-refractivity contribution in [2.75, 3.05) is 13.1 Å². The Kier molecular flexibility index (Phi) is 4.71. The zero-order valence-electron chi connectivity index (χ0n) is 11.5. The van der Waals surface area contributed by atoms with E-state index in [2.05, 4.69) is 13.8 Å². The maximum Gasteiger partial charge on any atom is 0.223 e. The summed E-state index contributed by atoms with van der Waals surface area (Å²) in [7, 11) is 0. The van der Waals surface area contributed by atoms with Crippen LogP contribution in [0.2, 0.25) is 10.0 Å². The molecule has 1 aromatic rings. The van der Waals surface area contributed by atoms with Crippen LogP contribution in [0.4, 0.5) is 0 Å². The second-order valence-electron chi connectivity index (χ2n) is 5.53. The molecular formula is C15H17Cl2NO2. The Balaban J connectivity index is 2.07. The first-order valence-electron chi connectivity index (χ1n) is 6.64. The summed E-state index contributed by atoms with van der Waals surface area (Å²) < 4.78 is 0. The summed E-state index contributed by atoms with van der Waals surface area (Å²) >= 11 is 11.8. The second-order valence-corrected chi connectivity index (χ2v) is 6.37. The van der Waals surface area contributed by atoms with Gasteiger partial charge in [-0.25, -0.2) is 0 Å². The molecule has 20 heavy (non-hydrogen) atoms. The molecule has 0 saturated carbocycles. The van der Waals surface area contributed by atoms with Gasteiger partial charge in [-0.2, -0.15) is 0 Å². The van der Waals surface area contributed by atoms with Crippen molar-refractivity contribution in [1.29, 1.82) is 0 Å². The molecule has 1 aliphatic heterocycles. The molecule has 1 atom stereocenters. The lowest BCUT2D eigenvalue weighted by Crippen LogP contribution is -2.31. The molecule has 1 amide bonds. The molecule has 1 heterocycles. The normalized spacial score (nSPS) is 18.9. The maximum absolute atomic E-state index is 12.2. The number of carbonyl (C=O) groups is 2. The third-order valence-electron chi connectivity index (χ3n) is 3.75. The van der Waals surface area contributed by atoms with Gasteiger partial charge in [0.1, 0.15) is 0 Å². The summed E-state index contributed by atoms with van der Waals surface area (Å²) in [6.07, 6.45) is 0.527. The van der Waals surface area contributed by atoms with E-state index in [-0.39, 0.29) is 18.2 Å². The van der Waals surface area contributed by atoms with Crippen molar-refractivity contribution in [3.63, 3.8) is 0 Å². The Morgan fingerprint density at radius 3 is 2.65 bits per heavy atom. The number of amides is 1. The van der Waals surface area contributed by atoms with Crippen molar-refractivity contribution in [2.45, 2.75) is 20.3 Å². The molecule has 1 unspecified atom stereocenters. The first-order valence-corrected chi connectivity index (χ1v) is 7.40. The Labute approximate surface area is 128 Å². The number of hydrogen-bond donors (Lipinski definition) is 0. The van der Waals surface area contributed by atoms with Crippen molar-refractivity contribution in [1.82, 2.24) is 4.90 Å². The second kappa shape index (κ2) is 6.15. The number of Topliss-reactive ketones (excluding diaryl/α,β-unsaturated/α-hetero) is 1. The number of likely N-dealkylation sites (tertiary alicyclic amines) is 1. The quantitative estimate of drug-likeness (QED) is 0.795. The molecule has 1 saturated heterocycles. The van der Waals surface area contributed by atoms with Gasteiger partial charge >= 0.3 is 0 Å². The van der Waals surface area contributed by atoms with Gasteiger partial charge in [0, 0.05) is 23.6 Å². The van der Waals surface area contributed by atoms with E-state index in [0.29, 0.717) is 40.4 Å². The Morgan fingerprint density at radius 2 is 2.10 bits per heavy atom. The van der Waals surface area contributed by atoms with Gasteiger partial charge in [-0.3, -0.25) is 9.59 Å². The van der Waals surface area contributed by atoms with Crippen LogP contribution in [-0.2, 0) is 4.79 Å². The molecule has 3 nitrogen and oxygen atoms in total. The lowest BCUT2D eigenvalue weighted by Gasteiger charge is -2.17. The molecule has 1 fully saturated rings. The molecule has 0 aliphatic carbocycles. The highest BCUT2D eigenvalue weighted by Crippen LogP contribution is 2.26. The Bertz CT molecular complexity index is 543. The minimum atomic E-state index is -0.149. The maximum atomic E-state index is 12.2. The SMILES string of the molecule is CC(C)C1CC(=O)N(CC(=O)c2ccc(Cl)cc2Cl)C1. The first kappa shape index (κ1) is 15.3. The van der Waals surface area contributed by atoms with E-state index < -0.39 is 0 Å². The van der Waals surface area contributed by atoms with Crippen LogP contribution in [0.1, 0.15) is 30.6 Å². The van der Waals surface area contributed by atoms with Crippen LogP contribution < -0.4 is 0 Å². The summed E-state index contributed by atoms with van der Waals surface area (Å²) in [5, 5.41) is 0.818. The molecule has 0 bridgehead atoms. The summed E-state index contributed by atoms with van der Waals surface area (Å²) in [6.45, 7) is 4.93. The molecule has 1 aliphatic rings. The fraction of sp³-hybridized carbons (Fsp3) is 0.467. The molecule has 0 radical (unpaired) electrons. The van der Waals surface area contributed by atoms with Gasteiger partial charge in [-0.15, -0.1) is 0 Å². The predicted molar refractivity (Wildman–Crippen MR) is 80.3 cm³/mol. The molecule has 5 heteroatoms. The molecule has 0 N–H and O–H groups in total. The van der Waals surface area contributed by atoms with Crippen LogP contribution in [0.15, 0.2) is 18.2 Å². The van der Waals surface area contributed by atoms with Crippen molar-refractivity contribution in [3.05, 3.63) is 33.8 Å². The van der Waals surface area contributed by atoms with E-state index in [9.17, 15) is 9.59 Å². The minimum Gasteiger partial charge on any atom is -0.335 e. The van der Waals surface area contributed by atoms with Gasteiger partial charge in [-0.1, -0.05) is 37.0 Å². The number of carbonyl (C=O) groups excluding carboxylic acids is 2. The lowest BCUT2D eigenvalue weighted by molar-refractivity contribution is -0.127. The van der Waals surface area contributed by atoms with Gasteiger partial charge in [0.15, 0.2) is 5.78 Å². The number of nitrogens with zero attached hydrogens (tertiary/aromatic N) is 1. The van der Waals surface area contributed by atoms with Crippen LogP contribution in [0, 0.1) is 11.8 Å². The van der Waals surface area contributed by atoms with Gasteiger partial charge < -0.3 is 4.90 Å². The zero-order valence-corrected chi connectivity index (χ0v) is 13.0. The van der Waals surface area contributed by atoms with Crippen LogP contribution in [-0.4, -0.2) is 29.7 Å². The average molecular weight is 314 g/mol. The molecule has 0 spiro atoms. The van der Waals surface area contributed by atoms with Crippen molar-refractivity contribution in [3.8, 4) is 0 Å². The number of rotatable bonds is 4. The molecule has 2 rings (SSSR count). The van der Waals surface area contributed by atoms with E-state index in [4.69, 9.17) is 23.2 Å². The van der Waals surface area contributed by atoms with E-state index in [0.717, 1.165) is 0 Å². The summed E-state index contributed by atoms with van der Waals surface area (Å²) in [6, 6.07) is 4.77. The number of benzene rings is 1. The number of hydrogen-bond acceptors (Lipinski definition) is 2. The summed E-state index contributed by atoms with van der Waals surface area (Å²) in [5.41, 5.74) is 0.414. The Morgan fingerprint density at radius 1 is 1.40 bits per heavy atom. The average Bonchev–Trinajstić information content (AvgIpc) is 2.71. The van der Waals surface area contributed by atoms with E-state index >= 15 is 0 Å². The van der Waals surface area contributed by atoms with Crippen molar-refractivity contribution < 1.29 is 9.59 Å². The van der Waals surface area contributed by atoms with E-state index in [1.54, 1.807) is 23.1 Å². The van der Waals surface area contributed by atoms with Crippen LogP contribution in [0.25, 0.3) is 0 Å². The van der Waals surface area contributed by atoms with Gasteiger partial charge in [-0.05, 0) is 30.0 Å². The van der Waals surface area contributed by atoms with Crippen molar-refractivity contribution >= 4 is 34.9 Å². The van der Waals surface area contributed by atoms with Gasteiger partial charge in [0.2, 0.25) is 5.91 Å². The molecular weight excluding hydrogens is 297 g/mol. The molecule has 0 aromatic heterocycles. The highest BCUT2D eigenvalue weighted by molar-refractivity contribution is 6.36. The largest absolute Gasteiger partial charge is 0.335 e. The fourth-order valence-electron chi connectivity index (χ4n) is 2.38. The third kappa shape index (κ3) is 3.33. The fourth-order valence-corrected chi connectivity index (χ4v) is 2.89. The number of halogens is 2. The highest BCUT2D eigenvalue weighted by atomic mass is 35.5. The predicted octanol–water partition coefficient (Wildman–Crippen LogP) is 3.68. The number of ketones is 1. The standard InChI is InChI=1S/C15H17Cl2NO2/c1-9(2)10-5-15(20)18(7-10)8-14(19)12-4-3-11(16)6-13(12)17/h3-4,6,9-10H,5,7-8H2,1-2H3. The monoisotopic (exact) mass is 313 g/mol. The zero-order chi connectivity index (χ0) is 14.9. The van der Waals surface area contributed by atoms with E-state index in [1.807, 2.05) is 0 Å².